The van der Waals surface area contributed by atoms with E-state index in [-0.39, 0.29) is 17.0 Å². The normalized spacial score (nSPS) is 15.3. The summed E-state index contributed by atoms with van der Waals surface area (Å²) in [5.74, 6) is 1.42. The Morgan fingerprint density at radius 1 is 1.06 bits per heavy atom. The zero-order valence-corrected chi connectivity index (χ0v) is 17.7. The largest absolute Gasteiger partial charge is 0.497 e. The van der Waals surface area contributed by atoms with E-state index in [1.807, 2.05) is 18.2 Å². The Labute approximate surface area is 181 Å². The molecule has 1 aliphatic heterocycles. The van der Waals surface area contributed by atoms with E-state index in [9.17, 15) is 4.79 Å². The van der Waals surface area contributed by atoms with Crippen molar-refractivity contribution in [2.45, 2.75) is 18.3 Å². The molecule has 2 heterocycles. The summed E-state index contributed by atoms with van der Waals surface area (Å²) in [7, 11) is 3.16. The van der Waals surface area contributed by atoms with Gasteiger partial charge in [0, 0.05) is 31.2 Å². The third-order valence-corrected chi connectivity index (χ3v) is 5.84. The number of amides is 1. The summed E-state index contributed by atoms with van der Waals surface area (Å²) in [5.41, 5.74) is 1.94. The van der Waals surface area contributed by atoms with Crippen LogP contribution in [0.4, 0.5) is 0 Å². The molecule has 7 nitrogen and oxygen atoms in total. The van der Waals surface area contributed by atoms with Crippen molar-refractivity contribution in [3.63, 3.8) is 0 Å². The van der Waals surface area contributed by atoms with E-state index in [0.717, 1.165) is 12.8 Å². The second kappa shape index (κ2) is 9.22. The monoisotopic (exact) mass is 422 g/mol. The van der Waals surface area contributed by atoms with E-state index in [0.29, 0.717) is 42.6 Å². The van der Waals surface area contributed by atoms with Crippen LogP contribution in [0.15, 0.2) is 59.1 Å². The van der Waals surface area contributed by atoms with Crippen LogP contribution in [0.25, 0.3) is 11.3 Å². The molecule has 3 aromatic rings. The topological polar surface area (TPSA) is 82.8 Å². The van der Waals surface area contributed by atoms with Gasteiger partial charge in [-0.05, 0) is 36.6 Å². The summed E-state index contributed by atoms with van der Waals surface area (Å²) < 4.78 is 21.7. The number of carbonyl (C=O) groups excluding carboxylic acids is 1. The van der Waals surface area contributed by atoms with Crippen molar-refractivity contribution in [2.24, 2.45) is 0 Å². The minimum Gasteiger partial charge on any atom is -0.497 e. The van der Waals surface area contributed by atoms with Gasteiger partial charge in [-0.2, -0.15) is 0 Å². The molecule has 0 aliphatic carbocycles. The van der Waals surface area contributed by atoms with E-state index < -0.39 is 0 Å². The van der Waals surface area contributed by atoms with Gasteiger partial charge in [-0.15, -0.1) is 0 Å². The number of benzene rings is 2. The molecule has 7 heteroatoms. The highest BCUT2D eigenvalue weighted by Gasteiger charge is 2.35. The number of aromatic nitrogens is 1. The molecule has 0 spiro atoms. The fourth-order valence-electron chi connectivity index (χ4n) is 3.98. The number of nitrogens with one attached hydrogen (secondary N) is 1. The molecule has 162 valence electrons. The number of carbonyl (C=O) groups is 1. The smallest absolute Gasteiger partial charge is 0.273 e. The molecule has 4 rings (SSSR count). The van der Waals surface area contributed by atoms with Gasteiger partial charge in [0.05, 0.1) is 19.8 Å². The van der Waals surface area contributed by atoms with Crippen LogP contribution in [0.5, 0.6) is 11.5 Å². The minimum atomic E-state index is -0.279. The van der Waals surface area contributed by atoms with Crippen LogP contribution in [0.1, 0.15) is 28.9 Å². The van der Waals surface area contributed by atoms with Crippen LogP contribution in [-0.4, -0.2) is 45.0 Å². The number of nitrogens with zero attached hydrogens (tertiary/aromatic N) is 1. The van der Waals surface area contributed by atoms with Crippen molar-refractivity contribution in [3.8, 4) is 22.8 Å². The minimum absolute atomic E-state index is 0.155. The van der Waals surface area contributed by atoms with Gasteiger partial charge in [-0.1, -0.05) is 35.5 Å². The first kappa shape index (κ1) is 20.9. The first-order valence-corrected chi connectivity index (χ1v) is 10.3. The Kier molecular flexibility index (Phi) is 6.23. The van der Waals surface area contributed by atoms with Gasteiger partial charge in [-0.3, -0.25) is 4.79 Å². The summed E-state index contributed by atoms with van der Waals surface area (Å²) in [6, 6.07) is 17.3. The van der Waals surface area contributed by atoms with Gasteiger partial charge >= 0.3 is 0 Å². The quantitative estimate of drug-likeness (QED) is 0.623. The van der Waals surface area contributed by atoms with Crippen LogP contribution in [0.3, 0.4) is 0 Å². The molecule has 0 unspecified atom stereocenters. The van der Waals surface area contributed by atoms with E-state index in [1.165, 1.54) is 5.56 Å². The zero-order chi connectivity index (χ0) is 21.7. The van der Waals surface area contributed by atoms with Gasteiger partial charge in [0.1, 0.15) is 11.5 Å². The second-order valence-electron chi connectivity index (χ2n) is 7.58. The van der Waals surface area contributed by atoms with Gasteiger partial charge in [0.25, 0.3) is 5.91 Å². The number of methoxy groups -OCH3 is 2. The summed E-state index contributed by atoms with van der Waals surface area (Å²) in [6.45, 7) is 1.85. The molecule has 2 aromatic carbocycles. The maximum absolute atomic E-state index is 12.9. The Hall–Kier alpha value is -3.32. The second-order valence-corrected chi connectivity index (χ2v) is 7.58. The maximum atomic E-state index is 12.9. The maximum Gasteiger partial charge on any atom is 0.273 e. The summed E-state index contributed by atoms with van der Waals surface area (Å²) >= 11 is 0. The Balaban J connectivity index is 1.52. The lowest BCUT2D eigenvalue weighted by molar-refractivity contribution is 0.0486. The van der Waals surface area contributed by atoms with Crippen LogP contribution < -0.4 is 14.8 Å². The van der Waals surface area contributed by atoms with E-state index in [4.69, 9.17) is 18.7 Å². The van der Waals surface area contributed by atoms with Crippen molar-refractivity contribution < 1.29 is 23.5 Å². The number of hydrogen-bond acceptors (Lipinski definition) is 6. The molecule has 1 saturated heterocycles. The lowest BCUT2D eigenvalue weighted by Crippen LogP contribution is -2.44. The molecule has 1 fully saturated rings. The lowest BCUT2D eigenvalue weighted by Gasteiger charge is -2.37. The number of rotatable bonds is 7. The molecule has 1 N–H and O–H groups in total. The zero-order valence-electron chi connectivity index (χ0n) is 17.7. The fraction of sp³-hybridized carbons (Fsp3) is 0.333. The van der Waals surface area contributed by atoms with Crippen molar-refractivity contribution in [2.75, 3.05) is 34.0 Å². The molecular weight excluding hydrogens is 396 g/mol. The Bertz CT molecular complexity index is 1030. The molecule has 0 radical (unpaired) electrons. The highest BCUT2D eigenvalue weighted by Crippen LogP contribution is 2.35. The number of hydrogen-bond donors (Lipinski definition) is 1. The standard InChI is InChI=1S/C24H26N2O5/c1-28-18-8-9-21(29-2)19(14-18)22-15-20(26-31-22)23(27)25-16-24(10-12-30-13-11-24)17-6-4-3-5-7-17/h3-9,14-15H,10-13,16H2,1-2H3,(H,25,27). The molecule has 1 aliphatic rings. The molecular formula is C24H26N2O5. The van der Waals surface area contributed by atoms with E-state index >= 15 is 0 Å². The molecule has 0 atom stereocenters. The SMILES string of the molecule is COc1ccc(OC)c(-c2cc(C(=O)NCC3(c4ccccc4)CCOCC3)no2)c1. The average Bonchev–Trinajstić information content (AvgIpc) is 3.33. The van der Waals surface area contributed by atoms with Crippen LogP contribution >= 0.6 is 0 Å². The third-order valence-electron chi connectivity index (χ3n) is 5.84. The average molecular weight is 422 g/mol. The summed E-state index contributed by atoms with van der Waals surface area (Å²) in [6.07, 6.45) is 1.70. The third kappa shape index (κ3) is 4.41. The molecule has 1 amide bonds. The molecule has 0 bridgehead atoms. The Morgan fingerprint density at radius 2 is 1.84 bits per heavy atom. The predicted octanol–water partition coefficient (Wildman–Crippen LogP) is 3.84. The van der Waals surface area contributed by atoms with Crippen LogP contribution in [0.2, 0.25) is 0 Å². The van der Waals surface area contributed by atoms with Crippen LogP contribution in [0, 0.1) is 0 Å². The van der Waals surface area contributed by atoms with Crippen LogP contribution in [-0.2, 0) is 10.2 Å². The fourth-order valence-corrected chi connectivity index (χ4v) is 3.98. The lowest BCUT2D eigenvalue weighted by atomic mass is 9.74. The molecule has 1 aromatic heterocycles. The van der Waals surface area contributed by atoms with Gasteiger partial charge in [-0.25, -0.2) is 0 Å². The van der Waals surface area contributed by atoms with Crippen molar-refractivity contribution in [1.82, 2.24) is 10.5 Å². The van der Waals surface area contributed by atoms with Gasteiger partial charge in [0.2, 0.25) is 0 Å². The van der Waals surface area contributed by atoms with E-state index in [2.05, 4.69) is 22.6 Å². The first-order valence-electron chi connectivity index (χ1n) is 10.3. The van der Waals surface area contributed by atoms with Gasteiger partial charge < -0.3 is 24.1 Å². The predicted molar refractivity (Wildman–Crippen MR) is 116 cm³/mol. The summed E-state index contributed by atoms with van der Waals surface area (Å²) in [4.78, 5) is 12.9. The Morgan fingerprint density at radius 3 is 2.55 bits per heavy atom. The van der Waals surface area contributed by atoms with Crippen molar-refractivity contribution >= 4 is 5.91 Å². The summed E-state index contributed by atoms with van der Waals surface area (Å²) in [5, 5.41) is 7.03. The highest BCUT2D eigenvalue weighted by atomic mass is 16.5. The first-order chi connectivity index (χ1) is 15.1. The van der Waals surface area contributed by atoms with E-state index in [1.54, 1.807) is 38.5 Å². The highest BCUT2D eigenvalue weighted by molar-refractivity contribution is 5.93. The molecule has 0 saturated carbocycles. The molecule has 31 heavy (non-hydrogen) atoms. The van der Waals surface area contributed by atoms with Gasteiger partial charge in [0.15, 0.2) is 11.5 Å². The van der Waals surface area contributed by atoms with Crippen molar-refractivity contribution in [1.29, 1.82) is 0 Å². The van der Waals surface area contributed by atoms with Crippen molar-refractivity contribution in [3.05, 3.63) is 65.9 Å². The number of ether oxygens (including phenoxy) is 3.